The van der Waals surface area contributed by atoms with Crippen LogP contribution in [0.25, 0.3) is 0 Å². The van der Waals surface area contributed by atoms with E-state index in [0.29, 0.717) is 37.9 Å². The summed E-state index contributed by atoms with van der Waals surface area (Å²) >= 11 is 0. The molecule has 1 aliphatic heterocycles. The number of carbonyl (C=O) groups excluding carboxylic acids is 1. The highest BCUT2D eigenvalue weighted by Gasteiger charge is 2.22. The number of nitrogens with zero attached hydrogens (tertiary/aromatic N) is 4. The van der Waals surface area contributed by atoms with Gasteiger partial charge in [0.2, 0.25) is 0 Å². The van der Waals surface area contributed by atoms with Gasteiger partial charge in [-0.05, 0) is 18.9 Å². The Morgan fingerprint density at radius 3 is 2.88 bits per heavy atom. The van der Waals surface area contributed by atoms with Crippen molar-refractivity contribution in [1.82, 2.24) is 19.9 Å². The van der Waals surface area contributed by atoms with Gasteiger partial charge in [0.05, 0.1) is 25.5 Å². The third-order valence-corrected chi connectivity index (χ3v) is 4.66. The van der Waals surface area contributed by atoms with E-state index >= 15 is 0 Å². The van der Waals surface area contributed by atoms with Crippen molar-refractivity contribution in [2.75, 3.05) is 32.9 Å². The number of rotatable bonds is 7. The first-order chi connectivity index (χ1) is 12.7. The minimum Gasteiger partial charge on any atom is -0.460 e. The lowest BCUT2D eigenvalue weighted by molar-refractivity contribution is -0.0112. The highest BCUT2D eigenvalue weighted by Crippen LogP contribution is 2.12. The topological polar surface area (TPSA) is 69.5 Å². The van der Waals surface area contributed by atoms with E-state index in [1.54, 1.807) is 4.68 Å². The average molecular weight is 358 g/mol. The number of morpholine rings is 1. The molecular weight excluding hydrogens is 332 g/mol. The molecule has 1 atom stereocenters. The number of benzene rings is 1. The van der Waals surface area contributed by atoms with Crippen LogP contribution in [0.2, 0.25) is 0 Å². The summed E-state index contributed by atoms with van der Waals surface area (Å²) in [5.74, 6) is -0.401. The standard InChI is InChI=1S/C19H26N4O3/c1-3-17-18(20-21-23(17)13-16-7-5-4-6-8-16)19(24)26-12-10-22-9-11-25-14-15(22)2/h4-8,15H,3,9-14H2,1-2H3. The third-order valence-electron chi connectivity index (χ3n) is 4.66. The van der Waals surface area contributed by atoms with Gasteiger partial charge >= 0.3 is 5.97 Å². The van der Waals surface area contributed by atoms with Gasteiger partial charge in [0, 0.05) is 19.1 Å². The van der Waals surface area contributed by atoms with Crippen LogP contribution in [0.15, 0.2) is 30.3 Å². The summed E-state index contributed by atoms with van der Waals surface area (Å²) in [5.41, 5.74) is 2.24. The zero-order valence-corrected chi connectivity index (χ0v) is 15.4. The molecule has 7 nitrogen and oxygen atoms in total. The summed E-state index contributed by atoms with van der Waals surface area (Å²) in [7, 11) is 0. The monoisotopic (exact) mass is 358 g/mol. The zero-order chi connectivity index (χ0) is 18.4. The van der Waals surface area contributed by atoms with E-state index in [1.165, 1.54) is 0 Å². The van der Waals surface area contributed by atoms with E-state index in [4.69, 9.17) is 9.47 Å². The van der Waals surface area contributed by atoms with Crippen LogP contribution in [0.1, 0.15) is 35.6 Å². The average Bonchev–Trinajstić information content (AvgIpc) is 3.06. The predicted octanol–water partition coefficient (Wildman–Crippen LogP) is 1.77. The van der Waals surface area contributed by atoms with E-state index in [-0.39, 0.29) is 0 Å². The van der Waals surface area contributed by atoms with Crippen molar-refractivity contribution in [1.29, 1.82) is 0 Å². The summed E-state index contributed by atoms with van der Waals surface area (Å²) in [6.07, 6.45) is 0.671. The molecule has 1 aromatic heterocycles. The molecule has 1 saturated heterocycles. The van der Waals surface area contributed by atoms with Crippen molar-refractivity contribution in [3.05, 3.63) is 47.3 Å². The molecule has 0 saturated carbocycles. The van der Waals surface area contributed by atoms with Crippen molar-refractivity contribution in [2.24, 2.45) is 0 Å². The molecule has 0 radical (unpaired) electrons. The van der Waals surface area contributed by atoms with Crippen molar-refractivity contribution in [2.45, 2.75) is 32.9 Å². The first-order valence-electron chi connectivity index (χ1n) is 9.14. The predicted molar refractivity (Wildman–Crippen MR) is 97.1 cm³/mol. The van der Waals surface area contributed by atoms with E-state index in [0.717, 1.165) is 31.0 Å². The van der Waals surface area contributed by atoms with Crippen LogP contribution in [0.5, 0.6) is 0 Å². The Kier molecular flexibility index (Phi) is 6.35. The van der Waals surface area contributed by atoms with Crippen molar-refractivity contribution in [3.63, 3.8) is 0 Å². The second kappa shape index (κ2) is 8.91. The van der Waals surface area contributed by atoms with Crippen molar-refractivity contribution < 1.29 is 14.3 Å². The Morgan fingerprint density at radius 2 is 2.15 bits per heavy atom. The van der Waals surface area contributed by atoms with Gasteiger partial charge in [-0.1, -0.05) is 42.5 Å². The van der Waals surface area contributed by atoms with Crippen LogP contribution >= 0.6 is 0 Å². The summed E-state index contributed by atoms with van der Waals surface area (Å²) in [6.45, 7) is 8.07. The van der Waals surface area contributed by atoms with E-state index in [2.05, 4.69) is 22.1 Å². The first kappa shape index (κ1) is 18.5. The summed E-state index contributed by atoms with van der Waals surface area (Å²) in [4.78, 5) is 14.7. The molecule has 3 rings (SSSR count). The van der Waals surface area contributed by atoms with Crippen molar-refractivity contribution in [3.8, 4) is 0 Å². The second-order valence-electron chi connectivity index (χ2n) is 6.48. The van der Waals surface area contributed by atoms with Gasteiger partial charge in [0.1, 0.15) is 6.61 Å². The number of carbonyl (C=O) groups is 1. The lowest BCUT2D eigenvalue weighted by Crippen LogP contribution is -2.45. The van der Waals surface area contributed by atoms with Crippen LogP contribution in [0, 0.1) is 0 Å². The van der Waals surface area contributed by atoms with Crippen LogP contribution < -0.4 is 0 Å². The first-order valence-corrected chi connectivity index (χ1v) is 9.14. The van der Waals surface area contributed by atoms with Crippen LogP contribution in [-0.2, 0) is 22.4 Å². The molecular formula is C19H26N4O3. The lowest BCUT2D eigenvalue weighted by atomic mass is 10.2. The van der Waals surface area contributed by atoms with Crippen LogP contribution in [0.3, 0.4) is 0 Å². The summed E-state index contributed by atoms with van der Waals surface area (Å²) < 4.78 is 12.6. The Morgan fingerprint density at radius 1 is 1.35 bits per heavy atom. The third kappa shape index (κ3) is 4.47. The largest absolute Gasteiger partial charge is 0.460 e. The molecule has 1 aliphatic rings. The van der Waals surface area contributed by atoms with Gasteiger partial charge in [-0.15, -0.1) is 5.10 Å². The van der Waals surface area contributed by atoms with Crippen LogP contribution in [0.4, 0.5) is 0 Å². The molecule has 0 amide bonds. The molecule has 0 bridgehead atoms. The minimum atomic E-state index is -0.401. The number of aromatic nitrogens is 3. The Balaban J connectivity index is 1.58. The number of ether oxygens (including phenoxy) is 2. The minimum absolute atomic E-state index is 0.318. The number of esters is 1. The maximum Gasteiger partial charge on any atom is 0.360 e. The van der Waals surface area contributed by atoms with Gasteiger partial charge < -0.3 is 9.47 Å². The smallest absolute Gasteiger partial charge is 0.360 e. The van der Waals surface area contributed by atoms with Gasteiger partial charge in [0.25, 0.3) is 0 Å². The fourth-order valence-corrected chi connectivity index (χ4v) is 3.14. The summed E-state index contributed by atoms with van der Waals surface area (Å²) in [5, 5.41) is 8.22. The fourth-order valence-electron chi connectivity index (χ4n) is 3.14. The molecule has 7 heteroatoms. The van der Waals surface area contributed by atoms with E-state index < -0.39 is 5.97 Å². The Bertz CT molecular complexity index is 717. The Labute approximate surface area is 153 Å². The maximum absolute atomic E-state index is 12.4. The molecule has 2 heterocycles. The molecule has 1 fully saturated rings. The van der Waals surface area contributed by atoms with Gasteiger partial charge in [0.15, 0.2) is 5.69 Å². The molecule has 140 valence electrons. The highest BCUT2D eigenvalue weighted by atomic mass is 16.5. The fraction of sp³-hybridized carbons (Fsp3) is 0.526. The number of hydrogen-bond donors (Lipinski definition) is 0. The molecule has 0 aliphatic carbocycles. The normalized spacial score (nSPS) is 18.0. The highest BCUT2D eigenvalue weighted by molar-refractivity contribution is 5.88. The van der Waals surface area contributed by atoms with E-state index in [9.17, 15) is 4.79 Å². The molecule has 0 spiro atoms. The van der Waals surface area contributed by atoms with Gasteiger partial charge in [-0.25, -0.2) is 9.48 Å². The van der Waals surface area contributed by atoms with Crippen LogP contribution in [-0.4, -0.2) is 64.8 Å². The number of hydrogen-bond acceptors (Lipinski definition) is 6. The molecule has 1 aromatic carbocycles. The van der Waals surface area contributed by atoms with Gasteiger partial charge in [-0.2, -0.15) is 0 Å². The molecule has 26 heavy (non-hydrogen) atoms. The van der Waals surface area contributed by atoms with Crippen molar-refractivity contribution >= 4 is 5.97 Å². The molecule has 2 aromatic rings. The second-order valence-corrected chi connectivity index (χ2v) is 6.48. The maximum atomic E-state index is 12.4. The molecule has 1 unspecified atom stereocenters. The van der Waals surface area contributed by atoms with E-state index in [1.807, 2.05) is 37.3 Å². The Hall–Kier alpha value is -2.25. The van der Waals surface area contributed by atoms with Gasteiger partial charge in [-0.3, -0.25) is 4.90 Å². The zero-order valence-electron chi connectivity index (χ0n) is 15.4. The SMILES string of the molecule is CCc1c(C(=O)OCCN2CCOCC2C)nnn1Cc1ccccc1. The summed E-state index contributed by atoms with van der Waals surface area (Å²) in [6, 6.07) is 10.4. The lowest BCUT2D eigenvalue weighted by Gasteiger charge is -2.32. The molecule has 0 N–H and O–H groups in total. The quantitative estimate of drug-likeness (QED) is 0.703.